The van der Waals surface area contributed by atoms with E-state index in [0.717, 1.165) is 24.2 Å². The van der Waals surface area contributed by atoms with Gasteiger partial charge in [0.25, 0.3) is 5.91 Å². The van der Waals surface area contributed by atoms with Crippen molar-refractivity contribution in [3.8, 4) is 22.8 Å². The van der Waals surface area contributed by atoms with Crippen molar-refractivity contribution in [1.82, 2.24) is 14.5 Å². The summed E-state index contributed by atoms with van der Waals surface area (Å²) in [5, 5.41) is 0. The van der Waals surface area contributed by atoms with E-state index in [2.05, 4.69) is 4.98 Å². The normalized spacial score (nSPS) is 19.7. The lowest BCUT2D eigenvalue weighted by molar-refractivity contribution is -0.134. The smallest absolute Gasteiger partial charge is 0.252 e. The summed E-state index contributed by atoms with van der Waals surface area (Å²) in [7, 11) is 1.85. The molecular weight excluding hydrogens is 463 g/mol. The third-order valence-electron chi connectivity index (χ3n) is 6.46. The minimum absolute atomic E-state index is 0.0652. The van der Waals surface area contributed by atoms with Gasteiger partial charge in [-0.05, 0) is 48.7 Å². The van der Waals surface area contributed by atoms with Crippen molar-refractivity contribution in [2.75, 3.05) is 13.1 Å². The van der Waals surface area contributed by atoms with Crippen LogP contribution in [-0.4, -0.2) is 57.7 Å². The molecule has 188 valence electrons. The highest BCUT2D eigenvalue weighted by molar-refractivity contribution is 5.97. The van der Waals surface area contributed by atoms with E-state index in [1.54, 1.807) is 29.1 Å². The van der Waals surface area contributed by atoms with E-state index >= 15 is 4.39 Å². The molecule has 1 aromatic heterocycles. The standard InChI is InChI=1S/C27H29FN4O4/c1-31-15-23(30-16-31)18-4-9-24(21(13-18)27(29)34)36-25-10-11-32(14-22(25)28)26(33)12-17-2-5-19(6-3-17)35-20-7-8-20/h2-6,9,13,15-16,20,22,25H,7-8,10-12,14H2,1H3,(H2,29,34)/t22-,25-/m1/s1. The number of nitrogens with zero attached hydrogens (tertiary/aromatic N) is 3. The molecule has 2 aliphatic rings. The Labute approximate surface area is 208 Å². The van der Waals surface area contributed by atoms with Gasteiger partial charge < -0.3 is 24.7 Å². The molecule has 2 atom stereocenters. The number of benzene rings is 2. The Morgan fingerprint density at radius 2 is 1.89 bits per heavy atom. The van der Waals surface area contributed by atoms with Crippen LogP contribution in [0, 0.1) is 0 Å². The van der Waals surface area contributed by atoms with Crippen molar-refractivity contribution < 1.29 is 23.5 Å². The maximum absolute atomic E-state index is 15.1. The predicted molar refractivity (Wildman–Crippen MR) is 131 cm³/mol. The number of likely N-dealkylation sites (tertiary alicyclic amines) is 1. The van der Waals surface area contributed by atoms with Gasteiger partial charge in [-0.15, -0.1) is 0 Å². The van der Waals surface area contributed by atoms with E-state index in [0.29, 0.717) is 30.3 Å². The molecule has 8 nitrogen and oxygen atoms in total. The van der Waals surface area contributed by atoms with E-state index in [1.807, 2.05) is 37.5 Å². The second-order valence-electron chi connectivity index (χ2n) is 9.44. The summed E-state index contributed by atoms with van der Waals surface area (Å²) in [6.07, 6.45) is 4.30. The highest BCUT2D eigenvalue weighted by atomic mass is 19.1. The number of hydrogen-bond donors (Lipinski definition) is 1. The first-order valence-electron chi connectivity index (χ1n) is 12.1. The number of alkyl halides is 1. The van der Waals surface area contributed by atoms with Gasteiger partial charge in [0.1, 0.15) is 17.6 Å². The van der Waals surface area contributed by atoms with Crippen LogP contribution in [0.15, 0.2) is 55.0 Å². The zero-order valence-electron chi connectivity index (χ0n) is 20.1. The molecule has 2 fully saturated rings. The average molecular weight is 493 g/mol. The van der Waals surface area contributed by atoms with Gasteiger partial charge in [0.2, 0.25) is 5.91 Å². The molecule has 0 bridgehead atoms. The van der Waals surface area contributed by atoms with Crippen molar-refractivity contribution in [1.29, 1.82) is 0 Å². The Morgan fingerprint density at radius 3 is 2.53 bits per heavy atom. The maximum Gasteiger partial charge on any atom is 0.252 e. The number of piperidine rings is 1. The van der Waals surface area contributed by atoms with E-state index < -0.39 is 18.2 Å². The molecule has 5 rings (SSSR count). The number of halogens is 1. The van der Waals surface area contributed by atoms with Crippen molar-refractivity contribution >= 4 is 11.8 Å². The molecular formula is C27H29FN4O4. The molecule has 1 saturated heterocycles. The van der Waals surface area contributed by atoms with Gasteiger partial charge >= 0.3 is 0 Å². The number of rotatable bonds is 8. The number of imidazole rings is 1. The van der Waals surface area contributed by atoms with Crippen molar-refractivity contribution in [2.45, 2.75) is 44.1 Å². The van der Waals surface area contributed by atoms with E-state index in [-0.39, 0.29) is 30.2 Å². The number of hydrogen-bond acceptors (Lipinski definition) is 5. The molecule has 0 spiro atoms. The van der Waals surface area contributed by atoms with Gasteiger partial charge in [-0.25, -0.2) is 9.37 Å². The van der Waals surface area contributed by atoms with Gasteiger partial charge in [0.15, 0.2) is 6.17 Å². The summed E-state index contributed by atoms with van der Waals surface area (Å²) in [4.78, 5) is 30.7. The topological polar surface area (TPSA) is 99.7 Å². The summed E-state index contributed by atoms with van der Waals surface area (Å²) < 4.78 is 28.5. The van der Waals surface area contributed by atoms with Gasteiger partial charge in [-0.3, -0.25) is 9.59 Å². The molecule has 1 saturated carbocycles. The summed E-state index contributed by atoms with van der Waals surface area (Å²) >= 11 is 0. The number of nitrogens with two attached hydrogens (primary N) is 1. The summed E-state index contributed by atoms with van der Waals surface area (Å²) in [5.74, 6) is 0.228. The van der Waals surface area contributed by atoms with Gasteiger partial charge in [-0.2, -0.15) is 0 Å². The molecule has 2 amide bonds. The Morgan fingerprint density at radius 1 is 1.11 bits per heavy atom. The Hall–Kier alpha value is -3.88. The number of aromatic nitrogens is 2. The van der Waals surface area contributed by atoms with Crippen LogP contribution in [0.1, 0.15) is 35.2 Å². The molecule has 9 heteroatoms. The predicted octanol–water partition coefficient (Wildman–Crippen LogP) is 3.29. The largest absolute Gasteiger partial charge is 0.490 e. The summed E-state index contributed by atoms with van der Waals surface area (Å²) in [6, 6.07) is 12.5. The maximum atomic E-state index is 15.1. The van der Waals surface area contributed by atoms with E-state index in [9.17, 15) is 9.59 Å². The highest BCUT2D eigenvalue weighted by Crippen LogP contribution is 2.29. The average Bonchev–Trinajstić information content (AvgIpc) is 3.58. The Balaban J connectivity index is 1.19. The fraction of sp³-hybridized carbons (Fsp3) is 0.370. The molecule has 1 aliphatic heterocycles. The fourth-order valence-corrected chi connectivity index (χ4v) is 4.30. The van der Waals surface area contributed by atoms with Crippen LogP contribution in [0.2, 0.25) is 0 Å². The minimum Gasteiger partial charge on any atom is -0.490 e. The molecule has 2 N–H and O–H groups in total. The Kier molecular flexibility index (Phi) is 6.63. The molecule has 3 aromatic rings. The molecule has 0 unspecified atom stereocenters. The number of amides is 2. The number of primary amides is 1. The molecule has 36 heavy (non-hydrogen) atoms. The van der Waals surface area contributed by atoms with Crippen LogP contribution >= 0.6 is 0 Å². The molecule has 1 aliphatic carbocycles. The second-order valence-corrected chi connectivity index (χ2v) is 9.44. The third kappa shape index (κ3) is 5.50. The van der Waals surface area contributed by atoms with Gasteiger partial charge in [0, 0.05) is 31.8 Å². The summed E-state index contributed by atoms with van der Waals surface area (Å²) in [6.45, 7) is 0.301. The third-order valence-corrected chi connectivity index (χ3v) is 6.46. The van der Waals surface area contributed by atoms with Gasteiger partial charge in [-0.1, -0.05) is 12.1 Å². The summed E-state index contributed by atoms with van der Waals surface area (Å²) in [5.41, 5.74) is 8.00. The Bertz CT molecular complexity index is 1250. The van der Waals surface area contributed by atoms with Crippen LogP contribution in [-0.2, 0) is 18.3 Å². The van der Waals surface area contributed by atoms with Crippen molar-refractivity contribution in [2.24, 2.45) is 12.8 Å². The second kappa shape index (κ2) is 10.0. The lowest BCUT2D eigenvalue weighted by Crippen LogP contribution is -2.49. The molecule has 0 radical (unpaired) electrons. The monoisotopic (exact) mass is 492 g/mol. The first kappa shape index (κ1) is 23.8. The van der Waals surface area contributed by atoms with Crippen LogP contribution in [0.4, 0.5) is 4.39 Å². The lowest BCUT2D eigenvalue weighted by Gasteiger charge is -2.35. The van der Waals surface area contributed by atoms with E-state index in [1.165, 1.54) is 4.90 Å². The zero-order valence-corrected chi connectivity index (χ0v) is 20.1. The first-order chi connectivity index (χ1) is 17.4. The number of aryl methyl sites for hydroxylation is 1. The van der Waals surface area contributed by atoms with Gasteiger partial charge in [0.05, 0.1) is 36.7 Å². The number of ether oxygens (including phenoxy) is 2. The number of carbonyl (C=O) groups excluding carboxylic acids is 2. The zero-order chi connectivity index (χ0) is 25.2. The minimum atomic E-state index is -1.40. The number of carbonyl (C=O) groups is 2. The molecule has 2 heterocycles. The fourth-order valence-electron chi connectivity index (χ4n) is 4.30. The SMILES string of the molecule is Cn1cnc(-c2ccc(O[C@@H]3CCN(C(=O)Cc4ccc(OC5CC5)cc4)C[C@H]3F)c(C(N)=O)c2)c1. The van der Waals surface area contributed by atoms with Crippen LogP contribution in [0.3, 0.4) is 0 Å². The van der Waals surface area contributed by atoms with Crippen LogP contribution in [0.25, 0.3) is 11.3 Å². The quantitative estimate of drug-likeness (QED) is 0.520. The van der Waals surface area contributed by atoms with Crippen LogP contribution < -0.4 is 15.2 Å². The van der Waals surface area contributed by atoms with E-state index in [4.69, 9.17) is 15.2 Å². The van der Waals surface area contributed by atoms with Crippen molar-refractivity contribution in [3.63, 3.8) is 0 Å². The first-order valence-corrected chi connectivity index (χ1v) is 12.1. The lowest BCUT2D eigenvalue weighted by atomic mass is 10.0. The molecule has 2 aromatic carbocycles. The highest BCUT2D eigenvalue weighted by Gasteiger charge is 2.33. The van der Waals surface area contributed by atoms with Crippen molar-refractivity contribution in [3.05, 3.63) is 66.1 Å². The van der Waals surface area contributed by atoms with Crippen LogP contribution in [0.5, 0.6) is 11.5 Å².